The van der Waals surface area contributed by atoms with E-state index in [2.05, 4.69) is 50.4 Å². The van der Waals surface area contributed by atoms with Crippen molar-refractivity contribution in [3.8, 4) is 11.8 Å². The standard InChI is InChI=1S/C18H28N2O/c1-14(2)11-20-12-16-8-6-7-15(3)17(16)21-10-9-18(4,5)13-19/h6-8,14,20H,9-12H2,1-5H3. The van der Waals surface area contributed by atoms with Crippen LogP contribution in [0.25, 0.3) is 0 Å². The molecule has 0 bridgehead atoms. The number of hydrogen-bond donors (Lipinski definition) is 1. The third-order valence-corrected chi connectivity index (χ3v) is 3.44. The SMILES string of the molecule is Cc1cccc(CNCC(C)C)c1OCCC(C)(C)C#N. The Hall–Kier alpha value is -1.53. The quantitative estimate of drug-likeness (QED) is 0.784. The third-order valence-electron chi connectivity index (χ3n) is 3.44. The van der Waals surface area contributed by atoms with Crippen LogP contribution in [0.15, 0.2) is 18.2 Å². The predicted octanol–water partition coefficient (Wildman–Crippen LogP) is 4.06. The third kappa shape index (κ3) is 6.18. The van der Waals surface area contributed by atoms with Crippen molar-refractivity contribution in [1.29, 1.82) is 5.26 Å². The van der Waals surface area contributed by atoms with E-state index in [1.54, 1.807) is 0 Å². The first kappa shape index (κ1) is 17.5. The normalized spacial score (nSPS) is 11.5. The molecule has 1 aromatic rings. The van der Waals surface area contributed by atoms with Crippen molar-refractivity contribution in [2.24, 2.45) is 11.3 Å². The minimum atomic E-state index is -0.335. The van der Waals surface area contributed by atoms with Gasteiger partial charge >= 0.3 is 0 Å². The lowest BCUT2D eigenvalue weighted by Crippen LogP contribution is -2.20. The average Bonchev–Trinajstić information content (AvgIpc) is 2.41. The van der Waals surface area contributed by atoms with Crippen LogP contribution in [0, 0.1) is 29.6 Å². The van der Waals surface area contributed by atoms with Gasteiger partial charge in [-0.1, -0.05) is 32.0 Å². The Labute approximate surface area is 129 Å². The molecule has 3 heteroatoms. The molecule has 1 rings (SSSR count). The molecule has 0 amide bonds. The number of ether oxygens (including phenoxy) is 1. The van der Waals surface area contributed by atoms with Crippen molar-refractivity contribution in [2.75, 3.05) is 13.2 Å². The highest BCUT2D eigenvalue weighted by atomic mass is 16.5. The highest BCUT2D eigenvalue weighted by Gasteiger charge is 2.17. The van der Waals surface area contributed by atoms with Crippen LogP contribution in [0.4, 0.5) is 0 Å². The maximum absolute atomic E-state index is 9.05. The second kappa shape index (κ2) is 8.05. The van der Waals surface area contributed by atoms with Gasteiger partial charge in [-0.2, -0.15) is 5.26 Å². The number of rotatable bonds is 8. The van der Waals surface area contributed by atoms with Crippen LogP contribution in [-0.2, 0) is 6.54 Å². The Balaban J connectivity index is 2.65. The molecular weight excluding hydrogens is 260 g/mol. The Morgan fingerprint density at radius 1 is 1.33 bits per heavy atom. The fraction of sp³-hybridized carbons (Fsp3) is 0.611. The first-order valence-corrected chi connectivity index (χ1v) is 7.69. The molecule has 0 fully saturated rings. The number of nitrogens with one attached hydrogen (secondary N) is 1. The molecule has 0 aliphatic rings. The van der Waals surface area contributed by atoms with Gasteiger partial charge in [-0.15, -0.1) is 0 Å². The number of para-hydroxylation sites is 1. The van der Waals surface area contributed by atoms with E-state index in [-0.39, 0.29) is 5.41 Å². The van der Waals surface area contributed by atoms with Gasteiger partial charge in [-0.05, 0) is 45.2 Å². The number of nitriles is 1. The van der Waals surface area contributed by atoms with Crippen LogP contribution in [0.1, 0.15) is 45.2 Å². The molecule has 0 atom stereocenters. The van der Waals surface area contributed by atoms with E-state index in [1.165, 1.54) is 5.56 Å². The topological polar surface area (TPSA) is 45.0 Å². The van der Waals surface area contributed by atoms with Crippen molar-refractivity contribution < 1.29 is 4.74 Å². The van der Waals surface area contributed by atoms with Gasteiger partial charge in [0.05, 0.1) is 18.1 Å². The van der Waals surface area contributed by atoms with Crippen LogP contribution < -0.4 is 10.1 Å². The predicted molar refractivity (Wildman–Crippen MR) is 87.2 cm³/mol. The highest BCUT2D eigenvalue weighted by molar-refractivity contribution is 5.40. The average molecular weight is 288 g/mol. The van der Waals surface area contributed by atoms with Crippen LogP contribution in [-0.4, -0.2) is 13.2 Å². The molecule has 3 nitrogen and oxygen atoms in total. The number of aryl methyl sites for hydroxylation is 1. The van der Waals surface area contributed by atoms with Crippen molar-refractivity contribution in [3.05, 3.63) is 29.3 Å². The van der Waals surface area contributed by atoms with E-state index < -0.39 is 0 Å². The van der Waals surface area contributed by atoms with E-state index in [4.69, 9.17) is 10.00 Å². The molecule has 116 valence electrons. The number of nitrogens with zero attached hydrogens (tertiary/aromatic N) is 1. The maximum atomic E-state index is 9.05. The Morgan fingerprint density at radius 2 is 2.05 bits per heavy atom. The molecule has 0 saturated heterocycles. The summed E-state index contributed by atoms with van der Waals surface area (Å²) in [6, 6.07) is 8.54. The Bertz CT molecular complexity index is 486. The summed E-state index contributed by atoms with van der Waals surface area (Å²) >= 11 is 0. The van der Waals surface area contributed by atoms with Gasteiger partial charge in [-0.25, -0.2) is 0 Å². The van der Waals surface area contributed by atoms with E-state index >= 15 is 0 Å². The smallest absolute Gasteiger partial charge is 0.126 e. The Morgan fingerprint density at radius 3 is 2.67 bits per heavy atom. The van der Waals surface area contributed by atoms with Gasteiger partial charge in [0, 0.05) is 12.1 Å². The second-order valence-corrected chi connectivity index (χ2v) is 6.68. The van der Waals surface area contributed by atoms with E-state index in [1.807, 2.05) is 13.8 Å². The molecule has 1 N–H and O–H groups in total. The zero-order valence-corrected chi connectivity index (χ0v) is 14.0. The van der Waals surface area contributed by atoms with Gasteiger partial charge in [0.2, 0.25) is 0 Å². The van der Waals surface area contributed by atoms with Crippen molar-refractivity contribution in [3.63, 3.8) is 0 Å². The monoisotopic (exact) mass is 288 g/mol. The molecule has 0 aliphatic carbocycles. The summed E-state index contributed by atoms with van der Waals surface area (Å²) in [5, 5.41) is 12.5. The first-order chi connectivity index (χ1) is 9.85. The lowest BCUT2D eigenvalue weighted by Gasteiger charge is -2.18. The minimum Gasteiger partial charge on any atom is -0.493 e. The molecule has 21 heavy (non-hydrogen) atoms. The summed E-state index contributed by atoms with van der Waals surface area (Å²) < 4.78 is 5.97. The van der Waals surface area contributed by atoms with Gasteiger partial charge < -0.3 is 10.1 Å². The summed E-state index contributed by atoms with van der Waals surface area (Å²) in [6.45, 7) is 12.7. The fourth-order valence-corrected chi connectivity index (χ4v) is 2.02. The molecule has 0 radical (unpaired) electrons. The fourth-order valence-electron chi connectivity index (χ4n) is 2.02. The van der Waals surface area contributed by atoms with Crippen LogP contribution in [0.3, 0.4) is 0 Å². The maximum Gasteiger partial charge on any atom is 0.126 e. The molecule has 0 spiro atoms. The lowest BCUT2D eigenvalue weighted by molar-refractivity contribution is 0.260. The molecular formula is C18H28N2O. The van der Waals surface area contributed by atoms with Crippen LogP contribution >= 0.6 is 0 Å². The van der Waals surface area contributed by atoms with Gasteiger partial charge in [0.1, 0.15) is 5.75 Å². The van der Waals surface area contributed by atoms with Crippen molar-refractivity contribution in [2.45, 2.75) is 47.6 Å². The van der Waals surface area contributed by atoms with Crippen molar-refractivity contribution >= 4 is 0 Å². The number of hydrogen-bond acceptors (Lipinski definition) is 3. The summed E-state index contributed by atoms with van der Waals surface area (Å²) in [5.41, 5.74) is 2.00. The molecule has 0 heterocycles. The van der Waals surface area contributed by atoms with E-state index in [0.29, 0.717) is 12.5 Å². The highest BCUT2D eigenvalue weighted by Crippen LogP contribution is 2.25. The van der Waals surface area contributed by atoms with Gasteiger partial charge in [0.15, 0.2) is 0 Å². The summed E-state index contributed by atoms with van der Waals surface area (Å²) in [4.78, 5) is 0. The van der Waals surface area contributed by atoms with Crippen LogP contribution in [0.5, 0.6) is 5.75 Å². The van der Waals surface area contributed by atoms with Crippen LogP contribution in [0.2, 0.25) is 0 Å². The molecule has 0 saturated carbocycles. The van der Waals surface area contributed by atoms with E-state index in [0.717, 1.165) is 30.8 Å². The minimum absolute atomic E-state index is 0.335. The first-order valence-electron chi connectivity index (χ1n) is 7.69. The summed E-state index contributed by atoms with van der Waals surface area (Å²) in [6.07, 6.45) is 0.733. The molecule has 0 aliphatic heterocycles. The van der Waals surface area contributed by atoms with Gasteiger partial charge in [-0.3, -0.25) is 0 Å². The van der Waals surface area contributed by atoms with Crippen molar-refractivity contribution in [1.82, 2.24) is 5.32 Å². The number of benzene rings is 1. The molecule has 0 aromatic heterocycles. The largest absolute Gasteiger partial charge is 0.493 e. The summed E-state index contributed by atoms with van der Waals surface area (Å²) in [5.74, 6) is 1.60. The lowest BCUT2D eigenvalue weighted by atomic mass is 9.92. The molecule has 0 unspecified atom stereocenters. The Kier molecular flexibility index (Phi) is 6.71. The van der Waals surface area contributed by atoms with E-state index in [9.17, 15) is 0 Å². The second-order valence-electron chi connectivity index (χ2n) is 6.68. The summed E-state index contributed by atoms with van der Waals surface area (Å²) in [7, 11) is 0. The van der Waals surface area contributed by atoms with Gasteiger partial charge in [0.25, 0.3) is 0 Å². The zero-order chi connectivity index (χ0) is 15.9. The molecule has 1 aromatic carbocycles. The zero-order valence-electron chi connectivity index (χ0n) is 14.0.